The largest absolute Gasteiger partial charge is 0.390 e. The number of rotatable bonds is 7. The van der Waals surface area contributed by atoms with E-state index in [9.17, 15) is 19.8 Å². The zero-order valence-electron chi connectivity index (χ0n) is 21.5. The summed E-state index contributed by atoms with van der Waals surface area (Å²) in [6, 6.07) is 0. The molecule has 3 N–H and O–H groups in total. The number of nitrogens with one attached hydrogen (secondary N) is 1. The third-order valence-corrected chi connectivity index (χ3v) is 9.70. The highest BCUT2D eigenvalue weighted by atomic mass is 19.1. The number of alkyl halides is 1. The minimum absolute atomic E-state index is 0.0517. The molecule has 3 fully saturated rings. The summed E-state index contributed by atoms with van der Waals surface area (Å²) in [5.41, 5.74) is -5.18. The first-order valence-corrected chi connectivity index (χ1v) is 12.9. The molecule has 0 aliphatic heterocycles. The maximum Gasteiger partial charge on any atom is 0.253 e. The van der Waals surface area contributed by atoms with Crippen LogP contribution in [-0.4, -0.2) is 65.3 Å². The number of carbonyl (C=O) groups is 2. The van der Waals surface area contributed by atoms with Crippen LogP contribution in [0.1, 0.15) is 60.3 Å². The molecular weight excluding hydrogens is 453 g/mol. The lowest BCUT2D eigenvalue weighted by molar-refractivity contribution is -0.220. The number of aliphatic hydroxyl groups is 2. The van der Waals surface area contributed by atoms with Crippen molar-refractivity contribution in [2.24, 2.45) is 28.6 Å². The van der Waals surface area contributed by atoms with E-state index in [1.807, 2.05) is 27.7 Å². The topological polar surface area (TPSA) is 105 Å². The smallest absolute Gasteiger partial charge is 0.253 e. The Morgan fingerprint density at radius 1 is 1.26 bits per heavy atom. The number of hydrogen-bond acceptors (Lipinski definition) is 6. The minimum atomic E-state index is -1.99. The Kier molecular flexibility index (Phi) is 6.84. The monoisotopic (exact) mass is 493 g/mol. The van der Waals surface area contributed by atoms with Crippen LogP contribution in [0.25, 0.3) is 0 Å². The summed E-state index contributed by atoms with van der Waals surface area (Å²) in [6.45, 7) is 10.0. The SMILES string of the molecule is CCOC(CNC(=O)[C@@]1(O)[C@H](C)C[C@H]2[C@@H]3CCC4=CC(=O)C=C[C@]4(C)[C@@]3(F)[C@@H](O)C[C@@]21C)OCC. The van der Waals surface area contributed by atoms with Gasteiger partial charge in [-0.15, -0.1) is 0 Å². The van der Waals surface area contributed by atoms with Crippen molar-refractivity contribution in [3.63, 3.8) is 0 Å². The van der Waals surface area contributed by atoms with E-state index < -0.39 is 52.2 Å². The van der Waals surface area contributed by atoms with Crippen molar-refractivity contribution in [3.8, 4) is 0 Å². The zero-order valence-corrected chi connectivity index (χ0v) is 21.5. The lowest BCUT2D eigenvalue weighted by atomic mass is 9.44. The Morgan fingerprint density at radius 3 is 2.54 bits per heavy atom. The quantitative estimate of drug-likeness (QED) is 0.471. The average molecular weight is 494 g/mol. The second-order valence-electron chi connectivity index (χ2n) is 11.2. The standard InChI is InChI=1S/C27H40FNO6/c1-6-34-22(35-7-2)15-29-23(32)27(33)16(3)12-20-19-9-8-17-13-18(30)10-11-24(17,4)26(19,28)21(31)14-25(20,27)5/h10-11,13,16,19-22,31,33H,6-9,12,14-15H2,1-5H3,(H,29,32)/t16-,19+,20+,21+,24+,25+,26+,27+/m1/s1. The van der Waals surface area contributed by atoms with Gasteiger partial charge in [0.05, 0.1) is 12.6 Å². The predicted molar refractivity (Wildman–Crippen MR) is 128 cm³/mol. The average Bonchev–Trinajstić information content (AvgIpc) is 3.00. The maximum absolute atomic E-state index is 17.2. The van der Waals surface area contributed by atoms with Gasteiger partial charge >= 0.3 is 0 Å². The van der Waals surface area contributed by atoms with E-state index in [2.05, 4.69) is 5.32 Å². The van der Waals surface area contributed by atoms with Crippen LogP contribution in [0.15, 0.2) is 23.8 Å². The predicted octanol–water partition coefficient (Wildman–Crippen LogP) is 2.85. The molecule has 0 aromatic carbocycles. The first-order valence-electron chi connectivity index (χ1n) is 12.9. The van der Waals surface area contributed by atoms with Gasteiger partial charge in [0.15, 0.2) is 23.3 Å². The third-order valence-electron chi connectivity index (χ3n) is 9.70. The van der Waals surface area contributed by atoms with Gasteiger partial charge in [0.25, 0.3) is 5.91 Å². The summed E-state index contributed by atoms with van der Waals surface area (Å²) in [5, 5.41) is 26.2. The number of aliphatic hydroxyl groups excluding tert-OH is 1. The van der Waals surface area contributed by atoms with Gasteiger partial charge in [-0.1, -0.05) is 25.5 Å². The second kappa shape index (κ2) is 9.05. The van der Waals surface area contributed by atoms with Crippen molar-refractivity contribution in [3.05, 3.63) is 23.8 Å². The maximum atomic E-state index is 17.2. The van der Waals surface area contributed by atoms with E-state index in [-0.39, 0.29) is 24.7 Å². The Bertz CT molecular complexity index is 931. The number of ether oxygens (including phenoxy) is 2. The van der Waals surface area contributed by atoms with E-state index in [4.69, 9.17) is 9.47 Å². The first kappa shape index (κ1) is 26.5. The number of fused-ring (bicyclic) bond motifs is 5. The van der Waals surface area contributed by atoms with Crippen LogP contribution in [0.3, 0.4) is 0 Å². The second-order valence-corrected chi connectivity index (χ2v) is 11.2. The Hall–Kier alpha value is -1.61. The summed E-state index contributed by atoms with van der Waals surface area (Å²) in [4.78, 5) is 25.5. The van der Waals surface area contributed by atoms with Crippen molar-refractivity contribution in [2.45, 2.75) is 84.0 Å². The van der Waals surface area contributed by atoms with Gasteiger partial charge in [-0.25, -0.2) is 4.39 Å². The van der Waals surface area contributed by atoms with Crippen LogP contribution in [0, 0.1) is 28.6 Å². The molecule has 0 spiro atoms. The van der Waals surface area contributed by atoms with E-state index in [0.717, 1.165) is 0 Å². The number of ketones is 1. The molecule has 3 saturated carbocycles. The lowest BCUT2D eigenvalue weighted by Crippen LogP contribution is -2.70. The molecule has 8 heteroatoms. The summed E-state index contributed by atoms with van der Waals surface area (Å²) in [5.74, 6) is -1.99. The molecule has 0 radical (unpaired) electrons. The van der Waals surface area contributed by atoms with Gasteiger partial charge in [-0.2, -0.15) is 0 Å². The number of carbonyl (C=O) groups excluding carboxylic acids is 2. The third kappa shape index (κ3) is 3.58. The van der Waals surface area contributed by atoms with Crippen molar-refractivity contribution in [2.75, 3.05) is 19.8 Å². The van der Waals surface area contributed by atoms with Crippen LogP contribution in [0.2, 0.25) is 0 Å². The fourth-order valence-electron chi connectivity index (χ4n) is 7.88. The zero-order chi connectivity index (χ0) is 25.8. The van der Waals surface area contributed by atoms with Gasteiger partial charge in [-0.3, -0.25) is 9.59 Å². The highest BCUT2D eigenvalue weighted by Crippen LogP contribution is 2.70. The van der Waals surface area contributed by atoms with Crippen molar-refractivity contribution < 1.29 is 33.7 Å². The number of allylic oxidation sites excluding steroid dienone is 4. The molecule has 1 amide bonds. The fraction of sp³-hybridized carbons (Fsp3) is 0.778. The first-order chi connectivity index (χ1) is 16.4. The molecule has 35 heavy (non-hydrogen) atoms. The van der Waals surface area contributed by atoms with Crippen molar-refractivity contribution >= 4 is 11.7 Å². The van der Waals surface area contributed by atoms with E-state index >= 15 is 4.39 Å². The summed E-state index contributed by atoms with van der Waals surface area (Å²) in [6.07, 6.45) is 3.91. The van der Waals surface area contributed by atoms with Crippen LogP contribution >= 0.6 is 0 Å². The molecular formula is C27H40FNO6. The van der Waals surface area contributed by atoms with Crippen LogP contribution in [-0.2, 0) is 19.1 Å². The molecule has 196 valence electrons. The van der Waals surface area contributed by atoms with Crippen molar-refractivity contribution in [1.29, 1.82) is 0 Å². The molecule has 0 aromatic rings. The van der Waals surface area contributed by atoms with E-state index in [0.29, 0.717) is 38.0 Å². The van der Waals surface area contributed by atoms with Gasteiger partial charge in [0.2, 0.25) is 0 Å². The van der Waals surface area contributed by atoms with Crippen LogP contribution in [0.5, 0.6) is 0 Å². The minimum Gasteiger partial charge on any atom is -0.390 e. The van der Waals surface area contributed by atoms with Crippen LogP contribution < -0.4 is 5.32 Å². The summed E-state index contributed by atoms with van der Waals surface area (Å²) in [7, 11) is 0. The number of hydrogen-bond donors (Lipinski definition) is 3. The summed E-state index contributed by atoms with van der Waals surface area (Å²) < 4.78 is 28.2. The molecule has 0 saturated heterocycles. The van der Waals surface area contributed by atoms with Gasteiger partial charge in [0, 0.05) is 30.0 Å². The molecule has 4 aliphatic rings. The number of amides is 1. The van der Waals surface area contributed by atoms with Gasteiger partial charge in [-0.05, 0) is 70.4 Å². The van der Waals surface area contributed by atoms with Crippen molar-refractivity contribution in [1.82, 2.24) is 5.32 Å². The highest BCUT2D eigenvalue weighted by Gasteiger charge is 2.75. The number of halogens is 1. The lowest BCUT2D eigenvalue weighted by Gasteiger charge is -2.62. The normalized spacial score (nSPS) is 44.5. The molecule has 8 atom stereocenters. The molecule has 4 aliphatic carbocycles. The Labute approximate surface area is 207 Å². The van der Waals surface area contributed by atoms with Crippen LogP contribution in [0.4, 0.5) is 4.39 Å². The van der Waals surface area contributed by atoms with E-state index in [1.165, 1.54) is 12.2 Å². The molecule has 4 rings (SSSR count). The van der Waals surface area contributed by atoms with E-state index in [1.54, 1.807) is 13.0 Å². The Balaban J connectivity index is 1.65. The summed E-state index contributed by atoms with van der Waals surface area (Å²) >= 11 is 0. The Morgan fingerprint density at radius 2 is 1.91 bits per heavy atom. The molecule has 0 heterocycles. The van der Waals surface area contributed by atoms with Gasteiger partial charge in [0.1, 0.15) is 0 Å². The molecule has 0 aromatic heterocycles. The highest BCUT2D eigenvalue weighted by molar-refractivity contribution is 6.01. The van der Waals surface area contributed by atoms with Gasteiger partial charge < -0.3 is 25.0 Å². The molecule has 7 nitrogen and oxygen atoms in total. The fourth-order valence-corrected chi connectivity index (χ4v) is 7.88. The molecule has 0 unspecified atom stereocenters. The molecule has 0 bridgehead atoms.